The van der Waals surface area contributed by atoms with Crippen LogP contribution >= 0.6 is 0 Å². The Kier molecular flexibility index (Phi) is 3.57. The van der Waals surface area contributed by atoms with E-state index >= 15 is 0 Å². The van der Waals surface area contributed by atoms with E-state index in [1.54, 1.807) is 4.90 Å². The predicted molar refractivity (Wildman–Crippen MR) is 41.3 cm³/mol. The molecule has 0 saturated carbocycles. The van der Waals surface area contributed by atoms with Crippen LogP contribution in [0.2, 0.25) is 0 Å². The van der Waals surface area contributed by atoms with Gasteiger partial charge in [0, 0.05) is 12.2 Å². The highest BCUT2D eigenvalue weighted by Gasteiger charge is 2.02. The standard InChI is InChI=1S/C7H14N2O/c1-5-9(6(2)3)7(4)8-10/h8,10H,2,4-5H2,1,3H3. The highest BCUT2D eigenvalue weighted by Crippen LogP contribution is 2.04. The molecule has 2 N–H and O–H groups in total. The molecule has 0 aromatic carbocycles. The Hall–Kier alpha value is -0.960. The first-order valence-corrected chi connectivity index (χ1v) is 3.15. The van der Waals surface area contributed by atoms with Crippen LogP contribution in [0.3, 0.4) is 0 Å². The first kappa shape index (κ1) is 9.04. The van der Waals surface area contributed by atoms with Gasteiger partial charge < -0.3 is 4.90 Å². The smallest absolute Gasteiger partial charge is 0.122 e. The van der Waals surface area contributed by atoms with E-state index in [4.69, 9.17) is 5.21 Å². The van der Waals surface area contributed by atoms with Crippen molar-refractivity contribution in [2.75, 3.05) is 6.54 Å². The molecule has 0 aliphatic carbocycles. The summed E-state index contributed by atoms with van der Waals surface area (Å²) in [7, 11) is 0. The maximum Gasteiger partial charge on any atom is 0.122 e. The van der Waals surface area contributed by atoms with Gasteiger partial charge in [-0.3, -0.25) is 10.7 Å². The van der Waals surface area contributed by atoms with Crippen LogP contribution in [0.5, 0.6) is 0 Å². The molecule has 0 radical (unpaired) electrons. The SMILES string of the molecule is C=C(C)N(CC)C(=C)NO. The van der Waals surface area contributed by atoms with Crippen LogP contribution in [0, 0.1) is 0 Å². The van der Waals surface area contributed by atoms with Crippen LogP contribution in [0.4, 0.5) is 0 Å². The zero-order valence-electron chi connectivity index (χ0n) is 6.52. The molecule has 3 heteroatoms. The van der Waals surface area contributed by atoms with Crippen LogP contribution in [0.1, 0.15) is 13.8 Å². The van der Waals surface area contributed by atoms with Crippen LogP contribution in [-0.2, 0) is 0 Å². The number of hydrogen-bond acceptors (Lipinski definition) is 3. The van der Waals surface area contributed by atoms with Gasteiger partial charge in [-0.05, 0) is 13.8 Å². The maximum atomic E-state index is 8.45. The molecule has 3 nitrogen and oxygen atoms in total. The summed E-state index contributed by atoms with van der Waals surface area (Å²) in [5.41, 5.74) is 2.82. The lowest BCUT2D eigenvalue weighted by Crippen LogP contribution is -2.27. The third-order valence-corrected chi connectivity index (χ3v) is 1.23. The van der Waals surface area contributed by atoms with E-state index in [2.05, 4.69) is 13.2 Å². The summed E-state index contributed by atoms with van der Waals surface area (Å²) in [5, 5.41) is 8.45. The molecule has 0 heterocycles. The van der Waals surface area contributed by atoms with E-state index in [0.29, 0.717) is 5.82 Å². The lowest BCUT2D eigenvalue weighted by atomic mass is 10.4. The highest BCUT2D eigenvalue weighted by molar-refractivity contribution is 5.01. The zero-order chi connectivity index (χ0) is 8.15. The van der Waals surface area contributed by atoms with Gasteiger partial charge >= 0.3 is 0 Å². The van der Waals surface area contributed by atoms with Gasteiger partial charge in [-0.25, -0.2) is 0 Å². The minimum Gasteiger partial charge on any atom is -0.332 e. The van der Waals surface area contributed by atoms with Crippen molar-refractivity contribution in [1.82, 2.24) is 10.4 Å². The van der Waals surface area contributed by atoms with Crippen molar-refractivity contribution < 1.29 is 5.21 Å². The summed E-state index contributed by atoms with van der Waals surface area (Å²) in [4.78, 5) is 1.76. The number of allylic oxidation sites excluding steroid dienone is 1. The third kappa shape index (κ3) is 2.11. The Balaban J connectivity index is 4.06. The quantitative estimate of drug-likeness (QED) is 0.581. The van der Waals surface area contributed by atoms with Gasteiger partial charge in [0.15, 0.2) is 0 Å². The normalized spacial score (nSPS) is 8.70. The lowest BCUT2D eigenvalue weighted by Gasteiger charge is -2.23. The minimum atomic E-state index is 0.454. The number of hydroxylamine groups is 1. The fourth-order valence-corrected chi connectivity index (χ4v) is 0.752. The number of nitrogens with zero attached hydrogens (tertiary/aromatic N) is 1. The minimum absolute atomic E-state index is 0.454. The van der Waals surface area contributed by atoms with Crippen molar-refractivity contribution in [3.05, 3.63) is 24.7 Å². The van der Waals surface area contributed by atoms with Crippen molar-refractivity contribution in [2.45, 2.75) is 13.8 Å². The van der Waals surface area contributed by atoms with Crippen molar-refractivity contribution in [3.63, 3.8) is 0 Å². The summed E-state index contributed by atoms with van der Waals surface area (Å²) < 4.78 is 0. The molecular weight excluding hydrogens is 128 g/mol. The first-order valence-electron chi connectivity index (χ1n) is 3.15. The summed E-state index contributed by atoms with van der Waals surface area (Å²) in [6.45, 7) is 11.8. The molecule has 10 heavy (non-hydrogen) atoms. The zero-order valence-corrected chi connectivity index (χ0v) is 6.52. The van der Waals surface area contributed by atoms with E-state index < -0.39 is 0 Å². The van der Waals surface area contributed by atoms with Gasteiger partial charge in [-0.2, -0.15) is 0 Å². The Morgan fingerprint density at radius 3 is 2.20 bits per heavy atom. The van der Waals surface area contributed by atoms with E-state index in [0.717, 1.165) is 12.2 Å². The number of rotatable bonds is 4. The van der Waals surface area contributed by atoms with Gasteiger partial charge in [0.05, 0.1) is 0 Å². The monoisotopic (exact) mass is 142 g/mol. The van der Waals surface area contributed by atoms with Crippen molar-refractivity contribution >= 4 is 0 Å². The molecule has 0 bridgehead atoms. The van der Waals surface area contributed by atoms with Crippen molar-refractivity contribution in [1.29, 1.82) is 0 Å². The Morgan fingerprint density at radius 1 is 1.60 bits per heavy atom. The maximum absolute atomic E-state index is 8.45. The van der Waals surface area contributed by atoms with E-state index in [1.165, 1.54) is 0 Å². The molecular formula is C7H14N2O. The second-order valence-electron chi connectivity index (χ2n) is 2.04. The summed E-state index contributed by atoms with van der Waals surface area (Å²) in [5.74, 6) is 0.454. The van der Waals surface area contributed by atoms with Gasteiger partial charge in [0.2, 0.25) is 0 Å². The average Bonchev–Trinajstić information content (AvgIpc) is 1.88. The molecule has 0 amide bonds. The summed E-state index contributed by atoms with van der Waals surface area (Å²) >= 11 is 0. The molecule has 0 aliphatic heterocycles. The number of hydrogen-bond donors (Lipinski definition) is 2. The van der Waals surface area contributed by atoms with Crippen LogP contribution in [0.25, 0.3) is 0 Å². The van der Waals surface area contributed by atoms with Gasteiger partial charge in [0.25, 0.3) is 0 Å². The summed E-state index contributed by atoms with van der Waals surface area (Å²) in [6.07, 6.45) is 0. The second kappa shape index (κ2) is 3.95. The largest absolute Gasteiger partial charge is 0.332 e. The van der Waals surface area contributed by atoms with Crippen LogP contribution in [0.15, 0.2) is 24.7 Å². The van der Waals surface area contributed by atoms with E-state index in [1.807, 2.05) is 19.3 Å². The molecule has 0 atom stereocenters. The van der Waals surface area contributed by atoms with E-state index in [9.17, 15) is 0 Å². The third-order valence-electron chi connectivity index (χ3n) is 1.23. The van der Waals surface area contributed by atoms with Crippen LogP contribution < -0.4 is 5.48 Å². The highest BCUT2D eigenvalue weighted by atomic mass is 16.5. The van der Waals surface area contributed by atoms with Crippen molar-refractivity contribution in [2.24, 2.45) is 0 Å². The Bertz CT molecular complexity index is 143. The summed E-state index contributed by atoms with van der Waals surface area (Å²) in [6, 6.07) is 0. The first-order chi connectivity index (χ1) is 4.63. The second-order valence-corrected chi connectivity index (χ2v) is 2.04. The van der Waals surface area contributed by atoms with E-state index in [-0.39, 0.29) is 0 Å². The van der Waals surface area contributed by atoms with Gasteiger partial charge in [-0.1, -0.05) is 13.2 Å². The van der Waals surface area contributed by atoms with Gasteiger partial charge in [0.1, 0.15) is 5.82 Å². The molecule has 0 fully saturated rings. The molecule has 0 rings (SSSR count). The number of nitrogens with one attached hydrogen (secondary N) is 1. The molecule has 0 spiro atoms. The fourth-order valence-electron chi connectivity index (χ4n) is 0.752. The molecule has 0 saturated heterocycles. The Labute approximate surface area is 61.6 Å². The topological polar surface area (TPSA) is 35.5 Å². The van der Waals surface area contributed by atoms with Gasteiger partial charge in [-0.15, -0.1) is 0 Å². The van der Waals surface area contributed by atoms with Crippen LogP contribution in [-0.4, -0.2) is 16.7 Å². The van der Waals surface area contributed by atoms with Crippen molar-refractivity contribution in [3.8, 4) is 0 Å². The molecule has 0 aromatic rings. The molecule has 0 aliphatic rings. The molecule has 0 unspecified atom stereocenters. The lowest BCUT2D eigenvalue weighted by molar-refractivity contribution is 0.164. The Morgan fingerprint density at radius 2 is 2.10 bits per heavy atom. The fraction of sp³-hybridized carbons (Fsp3) is 0.429. The molecule has 0 aromatic heterocycles. The molecule has 58 valence electrons. The predicted octanol–water partition coefficient (Wildman–Crippen LogP) is 1.29. The average molecular weight is 142 g/mol.